The lowest BCUT2D eigenvalue weighted by molar-refractivity contribution is 0.0516. The highest BCUT2D eigenvalue weighted by molar-refractivity contribution is 6.00. The number of carbonyl (C=O) groups is 1. The molecule has 0 radical (unpaired) electrons. The molecular weight excluding hydrogens is 326 g/mol. The van der Waals surface area contributed by atoms with Crippen molar-refractivity contribution in [1.82, 2.24) is 4.57 Å². The minimum absolute atomic E-state index is 0.281. The fourth-order valence-corrected chi connectivity index (χ4v) is 3.00. The van der Waals surface area contributed by atoms with Crippen LogP contribution in [0.5, 0.6) is 0 Å². The van der Waals surface area contributed by atoms with Crippen LogP contribution in [0, 0.1) is 6.57 Å². The van der Waals surface area contributed by atoms with E-state index in [1.54, 1.807) is 24.7 Å². The lowest BCUT2D eigenvalue weighted by Crippen LogP contribution is -2.10. The highest BCUT2D eigenvalue weighted by Gasteiger charge is 2.22. The number of esters is 1. The molecule has 2 aromatic carbocycles. The average molecular weight is 345 g/mol. The second kappa shape index (κ2) is 7.16. The van der Waals surface area contributed by atoms with Crippen molar-refractivity contribution in [2.24, 2.45) is 7.05 Å². The maximum Gasteiger partial charge on any atom is 0.354 e. The standard InChI is InChI=1S/C21H19N3O2/c1-4-26-21(25)20-19(18(23-2)13-24(20)3)15-11-9-14(10-12-15)16-7-5-6-8-17(16)22/h5-13H,4,22H2,1,3H3. The number of carbonyl (C=O) groups excluding carboxylic acids is 1. The summed E-state index contributed by atoms with van der Waals surface area (Å²) in [5, 5.41) is 0. The Morgan fingerprint density at radius 3 is 2.42 bits per heavy atom. The number of rotatable bonds is 4. The molecule has 5 nitrogen and oxygen atoms in total. The van der Waals surface area contributed by atoms with Gasteiger partial charge in [0.2, 0.25) is 5.69 Å². The summed E-state index contributed by atoms with van der Waals surface area (Å²) in [5.41, 5.74) is 10.8. The molecule has 0 aliphatic rings. The number of benzene rings is 2. The fraction of sp³-hybridized carbons (Fsp3) is 0.143. The van der Waals surface area contributed by atoms with Gasteiger partial charge < -0.3 is 15.0 Å². The molecule has 26 heavy (non-hydrogen) atoms. The van der Waals surface area contributed by atoms with Crippen LogP contribution in [0.15, 0.2) is 54.7 Å². The summed E-state index contributed by atoms with van der Waals surface area (Å²) in [4.78, 5) is 15.9. The summed E-state index contributed by atoms with van der Waals surface area (Å²) < 4.78 is 6.80. The molecule has 1 aromatic heterocycles. The lowest BCUT2D eigenvalue weighted by atomic mass is 9.98. The summed E-state index contributed by atoms with van der Waals surface area (Å²) in [5.74, 6) is -0.434. The molecule has 0 atom stereocenters. The first-order chi connectivity index (χ1) is 12.6. The number of hydrogen-bond acceptors (Lipinski definition) is 3. The summed E-state index contributed by atoms with van der Waals surface area (Å²) in [6.45, 7) is 9.47. The quantitative estimate of drug-likeness (QED) is 0.425. The minimum atomic E-state index is -0.434. The van der Waals surface area contributed by atoms with Crippen LogP contribution in [0.4, 0.5) is 11.4 Å². The van der Waals surface area contributed by atoms with Crippen molar-refractivity contribution in [2.75, 3.05) is 12.3 Å². The molecule has 0 aliphatic heterocycles. The molecule has 0 spiro atoms. The van der Waals surface area contributed by atoms with Crippen LogP contribution in [0.3, 0.4) is 0 Å². The van der Waals surface area contributed by atoms with Gasteiger partial charge in [0, 0.05) is 30.1 Å². The first kappa shape index (κ1) is 17.3. The van der Waals surface area contributed by atoms with Gasteiger partial charge in [-0.15, -0.1) is 0 Å². The van der Waals surface area contributed by atoms with Crippen molar-refractivity contribution in [3.05, 3.63) is 71.8 Å². The van der Waals surface area contributed by atoms with Crippen molar-refractivity contribution < 1.29 is 9.53 Å². The van der Waals surface area contributed by atoms with E-state index in [-0.39, 0.29) is 6.61 Å². The number of aryl methyl sites for hydroxylation is 1. The van der Waals surface area contributed by atoms with Gasteiger partial charge in [0.25, 0.3) is 0 Å². The van der Waals surface area contributed by atoms with Crippen molar-refractivity contribution in [3.8, 4) is 22.3 Å². The van der Waals surface area contributed by atoms with Gasteiger partial charge in [-0.25, -0.2) is 9.64 Å². The molecule has 3 aromatic rings. The number of para-hydroxylation sites is 1. The molecule has 0 bridgehead atoms. The van der Waals surface area contributed by atoms with Gasteiger partial charge >= 0.3 is 5.97 Å². The molecule has 3 rings (SSSR count). The minimum Gasteiger partial charge on any atom is -0.461 e. The Bertz CT molecular complexity index is 995. The first-order valence-corrected chi connectivity index (χ1v) is 8.26. The van der Waals surface area contributed by atoms with Gasteiger partial charge in [-0.3, -0.25) is 0 Å². The Balaban J connectivity index is 2.09. The normalized spacial score (nSPS) is 10.3. The number of hydrogen-bond donors (Lipinski definition) is 1. The SMILES string of the molecule is [C-]#[N+]c1cn(C)c(C(=O)OCC)c1-c1ccc(-c2ccccc2N)cc1. The molecule has 0 saturated carbocycles. The number of ether oxygens (including phenoxy) is 1. The van der Waals surface area contributed by atoms with Crippen LogP contribution >= 0.6 is 0 Å². The molecule has 130 valence electrons. The largest absolute Gasteiger partial charge is 0.461 e. The third kappa shape index (κ3) is 3.05. The van der Waals surface area contributed by atoms with Crippen LogP contribution in [0.2, 0.25) is 0 Å². The third-order valence-electron chi connectivity index (χ3n) is 4.20. The summed E-state index contributed by atoms with van der Waals surface area (Å²) >= 11 is 0. The Morgan fingerprint density at radius 1 is 1.15 bits per heavy atom. The molecule has 0 unspecified atom stereocenters. The summed E-state index contributed by atoms with van der Waals surface area (Å²) in [7, 11) is 1.74. The van der Waals surface area contributed by atoms with E-state index in [1.165, 1.54) is 0 Å². The Labute approximate surface area is 152 Å². The van der Waals surface area contributed by atoms with Gasteiger partial charge in [-0.05, 0) is 24.1 Å². The molecule has 5 heteroatoms. The lowest BCUT2D eigenvalue weighted by Gasteiger charge is -2.10. The van der Waals surface area contributed by atoms with Crippen LogP contribution in [-0.4, -0.2) is 17.1 Å². The molecular formula is C21H19N3O2. The predicted octanol–water partition coefficient (Wildman–Crippen LogP) is 4.67. The monoisotopic (exact) mass is 345 g/mol. The van der Waals surface area contributed by atoms with Crippen molar-refractivity contribution in [2.45, 2.75) is 6.92 Å². The van der Waals surface area contributed by atoms with Crippen LogP contribution < -0.4 is 5.73 Å². The van der Waals surface area contributed by atoms with E-state index in [0.29, 0.717) is 22.6 Å². The zero-order valence-corrected chi connectivity index (χ0v) is 14.7. The number of anilines is 1. The van der Waals surface area contributed by atoms with E-state index in [0.717, 1.165) is 16.7 Å². The van der Waals surface area contributed by atoms with Crippen molar-refractivity contribution >= 4 is 17.3 Å². The smallest absolute Gasteiger partial charge is 0.354 e. The van der Waals surface area contributed by atoms with Crippen LogP contribution in [0.1, 0.15) is 17.4 Å². The van der Waals surface area contributed by atoms with Gasteiger partial charge in [0.1, 0.15) is 5.69 Å². The fourth-order valence-electron chi connectivity index (χ4n) is 3.00. The van der Waals surface area contributed by atoms with Gasteiger partial charge in [-0.1, -0.05) is 42.5 Å². The van der Waals surface area contributed by atoms with Crippen molar-refractivity contribution in [1.29, 1.82) is 0 Å². The predicted molar refractivity (Wildman–Crippen MR) is 103 cm³/mol. The van der Waals surface area contributed by atoms with E-state index in [1.807, 2.05) is 48.5 Å². The van der Waals surface area contributed by atoms with Crippen LogP contribution in [0.25, 0.3) is 27.1 Å². The molecule has 0 aliphatic carbocycles. The topological polar surface area (TPSA) is 61.6 Å². The highest BCUT2D eigenvalue weighted by Crippen LogP contribution is 2.37. The number of nitrogen functional groups attached to an aromatic ring is 1. The van der Waals surface area contributed by atoms with Crippen LogP contribution in [-0.2, 0) is 11.8 Å². The van der Waals surface area contributed by atoms with Gasteiger partial charge in [-0.2, -0.15) is 0 Å². The Hall–Kier alpha value is -3.52. The second-order valence-electron chi connectivity index (χ2n) is 5.85. The van der Waals surface area contributed by atoms with Crippen molar-refractivity contribution in [3.63, 3.8) is 0 Å². The molecule has 2 N–H and O–H groups in total. The third-order valence-corrected chi connectivity index (χ3v) is 4.20. The Morgan fingerprint density at radius 2 is 1.81 bits per heavy atom. The summed E-state index contributed by atoms with van der Waals surface area (Å²) in [6.07, 6.45) is 1.65. The van der Waals surface area contributed by atoms with Gasteiger partial charge in [0.15, 0.2) is 0 Å². The molecule has 0 fully saturated rings. The van der Waals surface area contributed by atoms with E-state index >= 15 is 0 Å². The van der Waals surface area contributed by atoms with E-state index in [2.05, 4.69) is 4.85 Å². The van der Waals surface area contributed by atoms with Gasteiger partial charge in [0.05, 0.1) is 13.2 Å². The van der Waals surface area contributed by atoms with E-state index in [9.17, 15) is 4.79 Å². The molecule has 0 saturated heterocycles. The first-order valence-electron chi connectivity index (χ1n) is 8.26. The van der Waals surface area contributed by atoms with E-state index in [4.69, 9.17) is 17.0 Å². The van der Waals surface area contributed by atoms with E-state index < -0.39 is 5.97 Å². The molecule has 1 heterocycles. The second-order valence-corrected chi connectivity index (χ2v) is 5.85. The average Bonchev–Trinajstić information content (AvgIpc) is 2.99. The molecule has 0 amide bonds. The maximum atomic E-state index is 12.4. The highest BCUT2D eigenvalue weighted by atomic mass is 16.5. The number of nitrogens with two attached hydrogens (primary N) is 1. The zero-order valence-electron chi connectivity index (χ0n) is 14.7. The number of nitrogens with zero attached hydrogens (tertiary/aromatic N) is 2. The number of aromatic nitrogens is 1. The Kier molecular flexibility index (Phi) is 4.76. The summed E-state index contributed by atoms with van der Waals surface area (Å²) in [6, 6.07) is 15.3. The zero-order chi connectivity index (χ0) is 18.7. The maximum absolute atomic E-state index is 12.4.